The van der Waals surface area contributed by atoms with Crippen molar-refractivity contribution in [2.75, 3.05) is 0 Å². The van der Waals surface area contributed by atoms with Crippen molar-refractivity contribution in [2.24, 2.45) is 0 Å². The lowest BCUT2D eigenvalue weighted by molar-refractivity contribution is 0.239. The second-order valence-corrected chi connectivity index (χ2v) is 4.62. The van der Waals surface area contributed by atoms with Gasteiger partial charge in [-0.25, -0.2) is 4.98 Å². The fourth-order valence-corrected chi connectivity index (χ4v) is 1.59. The maximum Gasteiger partial charge on any atom is 0.142 e. The van der Waals surface area contributed by atoms with Gasteiger partial charge in [0.15, 0.2) is 0 Å². The van der Waals surface area contributed by atoms with Crippen molar-refractivity contribution in [3.63, 3.8) is 0 Å². The highest BCUT2D eigenvalue weighted by Crippen LogP contribution is 2.28. The minimum Gasteiger partial charge on any atom is -0.489 e. The van der Waals surface area contributed by atoms with Crippen LogP contribution in [0, 0.1) is 6.92 Å². The molecular weight excluding hydrogens is 298 g/mol. The Kier molecular flexibility index (Phi) is 3.74. The summed E-state index contributed by atoms with van der Waals surface area (Å²) in [5, 5.41) is 0. The van der Waals surface area contributed by atoms with Gasteiger partial charge < -0.3 is 4.74 Å². The molecule has 4 heteroatoms. The molecule has 2 nitrogen and oxygen atoms in total. The molecule has 0 atom stereocenters. The molecule has 0 unspecified atom stereocenters. The highest BCUT2D eigenvalue weighted by molar-refractivity contribution is 9.13. The van der Waals surface area contributed by atoms with Gasteiger partial charge in [-0.15, -0.1) is 0 Å². The monoisotopic (exact) mass is 307 g/mol. The van der Waals surface area contributed by atoms with E-state index in [1.807, 2.05) is 26.8 Å². The van der Waals surface area contributed by atoms with E-state index in [1.54, 1.807) is 0 Å². The summed E-state index contributed by atoms with van der Waals surface area (Å²) in [5.41, 5.74) is 0.892. The highest BCUT2D eigenvalue weighted by atomic mass is 79.9. The van der Waals surface area contributed by atoms with Gasteiger partial charge in [0, 0.05) is 0 Å². The van der Waals surface area contributed by atoms with Crippen molar-refractivity contribution in [2.45, 2.75) is 26.9 Å². The number of ether oxygens (including phenoxy) is 1. The van der Waals surface area contributed by atoms with E-state index < -0.39 is 0 Å². The van der Waals surface area contributed by atoms with Crippen LogP contribution < -0.4 is 4.74 Å². The van der Waals surface area contributed by atoms with Gasteiger partial charge in [0.1, 0.15) is 10.4 Å². The molecule has 1 heterocycles. The van der Waals surface area contributed by atoms with Gasteiger partial charge in [-0.05, 0) is 58.7 Å². The smallest absolute Gasteiger partial charge is 0.142 e. The van der Waals surface area contributed by atoms with Crippen LogP contribution in [-0.2, 0) is 0 Å². The topological polar surface area (TPSA) is 22.1 Å². The molecule has 0 bridgehead atoms. The van der Waals surface area contributed by atoms with Gasteiger partial charge in [-0.1, -0.05) is 0 Å². The Balaban J connectivity index is 3.01. The Morgan fingerprint density at radius 2 is 2.00 bits per heavy atom. The van der Waals surface area contributed by atoms with Crippen LogP contribution >= 0.6 is 31.9 Å². The Hall–Kier alpha value is -0.0900. The van der Waals surface area contributed by atoms with Gasteiger partial charge in [0.2, 0.25) is 0 Å². The maximum absolute atomic E-state index is 5.57. The molecule has 13 heavy (non-hydrogen) atoms. The molecule has 1 aromatic rings. The first-order valence-electron chi connectivity index (χ1n) is 4.00. The van der Waals surface area contributed by atoms with Crippen LogP contribution in [0.2, 0.25) is 0 Å². The number of aryl methyl sites for hydroxylation is 1. The molecule has 0 spiro atoms. The van der Waals surface area contributed by atoms with Crippen LogP contribution in [0.1, 0.15) is 19.5 Å². The summed E-state index contributed by atoms with van der Waals surface area (Å²) in [6.07, 6.45) is 0.175. The van der Waals surface area contributed by atoms with Gasteiger partial charge in [0.05, 0.1) is 16.3 Å². The Bertz CT molecular complexity index is 313. The lowest BCUT2D eigenvalue weighted by atomic mass is 10.3. The lowest BCUT2D eigenvalue weighted by Crippen LogP contribution is -2.07. The number of hydrogen-bond acceptors (Lipinski definition) is 2. The quantitative estimate of drug-likeness (QED) is 0.777. The summed E-state index contributed by atoms with van der Waals surface area (Å²) in [5.74, 6) is 0.824. The zero-order chi connectivity index (χ0) is 10.0. The summed E-state index contributed by atoms with van der Waals surface area (Å²) in [7, 11) is 0. The van der Waals surface area contributed by atoms with Crippen LogP contribution in [0.15, 0.2) is 15.1 Å². The summed E-state index contributed by atoms with van der Waals surface area (Å²) in [4.78, 5) is 4.27. The van der Waals surface area contributed by atoms with Crippen molar-refractivity contribution in [1.82, 2.24) is 4.98 Å². The summed E-state index contributed by atoms with van der Waals surface area (Å²) in [6, 6.07) is 1.92. The second kappa shape index (κ2) is 4.42. The molecule has 0 saturated heterocycles. The molecule has 0 fully saturated rings. The zero-order valence-corrected chi connectivity index (χ0v) is 10.9. The van der Waals surface area contributed by atoms with Crippen LogP contribution in [0.25, 0.3) is 0 Å². The number of rotatable bonds is 2. The largest absolute Gasteiger partial charge is 0.489 e. The first-order chi connectivity index (χ1) is 6.00. The van der Waals surface area contributed by atoms with Crippen molar-refractivity contribution in [3.05, 3.63) is 20.8 Å². The molecule has 0 aliphatic rings. The first-order valence-corrected chi connectivity index (χ1v) is 5.58. The molecule has 0 aromatic carbocycles. The van der Waals surface area contributed by atoms with Gasteiger partial charge in [0.25, 0.3) is 0 Å². The van der Waals surface area contributed by atoms with E-state index >= 15 is 0 Å². The number of halogens is 2. The van der Waals surface area contributed by atoms with E-state index in [0.717, 1.165) is 20.5 Å². The predicted molar refractivity (Wildman–Crippen MR) is 60.1 cm³/mol. The maximum atomic E-state index is 5.57. The van der Waals surface area contributed by atoms with Crippen LogP contribution in [-0.4, -0.2) is 11.1 Å². The Morgan fingerprint density at radius 3 is 2.54 bits per heavy atom. The Morgan fingerprint density at radius 1 is 1.38 bits per heavy atom. The lowest BCUT2D eigenvalue weighted by Gasteiger charge is -2.12. The summed E-state index contributed by atoms with van der Waals surface area (Å²) < 4.78 is 7.28. The van der Waals surface area contributed by atoms with Crippen molar-refractivity contribution < 1.29 is 4.74 Å². The third-order valence-electron chi connectivity index (χ3n) is 1.44. The van der Waals surface area contributed by atoms with E-state index in [9.17, 15) is 0 Å². The molecule has 0 radical (unpaired) electrons. The molecule has 1 rings (SSSR count). The average Bonchev–Trinajstić information content (AvgIpc) is 1.99. The van der Waals surface area contributed by atoms with Crippen LogP contribution in [0.4, 0.5) is 0 Å². The van der Waals surface area contributed by atoms with Gasteiger partial charge in [-0.2, -0.15) is 0 Å². The van der Waals surface area contributed by atoms with Gasteiger partial charge >= 0.3 is 0 Å². The van der Waals surface area contributed by atoms with Crippen molar-refractivity contribution in [3.8, 4) is 5.75 Å². The SMILES string of the molecule is Cc1nc(Br)c(Br)cc1OC(C)C. The molecular formula is C9H11Br2NO. The fourth-order valence-electron chi connectivity index (χ4n) is 0.908. The minimum atomic E-state index is 0.175. The summed E-state index contributed by atoms with van der Waals surface area (Å²) in [6.45, 7) is 5.92. The van der Waals surface area contributed by atoms with E-state index in [0.29, 0.717) is 0 Å². The summed E-state index contributed by atoms with van der Waals surface area (Å²) >= 11 is 6.71. The van der Waals surface area contributed by atoms with Crippen LogP contribution in [0.3, 0.4) is 0 Å². The normalized spacial score (nSPS) is 10.6. The zero-order valence-electron chi connectivity index (χ0n) is 7.77. The van der Waals surface area contributed by atoms with E-state index in [4.69, 9.17) is 4.74 Å². The number of nitrogens with zero attached hydrogens (tertiary/aromatic N) is 1. The predicted octanol–water partition coefficient (Wildman–Crippen LogP) is 3.70. The number of aromatic nitrogens is 1. The Labute approximate surface area is 95.0 Å². The van der Waals surface area contributed by atoms with Crippen LogP contribution in [0.5, 0.6) is 5.75 Å². The first kappa shape index (κ1) is 11.0. The standard InChI is InChI=1S/C9H11Br2NO/c1-5(2)13-8-4-7(10)9(11)12-6(8)3/h4-5H,1-3H3. The molecule has 0 N–H and O–H groups in total. The highest BCUT2D eigenvalue weighted by Gasteiger charge is 2.07. The molecule has 0 amide bonds. The van der Waals surface area contributed by atoms with Crippen molar-refractivity contribution in [1.29, 1.82) is 0 Å². The second-order valence-electron chi connectivity index (χ2n) is 3.01. The number of pyridine rings is 1. The molecule has 0 saturated carbocycles. The van der Waals surface area contributed by atoms with Crippen molar-refractivity contribution >= 4 is 31.9 Å². The van der Waals surface area contributed by atoms with E-state index in [1.165, 1.54) is 0 Å². The fraction of sp³-hybridized carbons (Fsp3) is 0.444. The third kappa shape index (κ3) is 2.95. The molecule has 72 valence electrons. The van der Waals surface area contributed by atoms with Gasteiger partial charge in [-0.3, -0.25) is 0 Å². The van der Waals surface area contributed by atoms with E-state index in [2.05, 4.69) is 36.8 Å². The minimum absolute atomic E-state index is 0.175. The average molecular weight is 309 g/mol. The number of hydrogen-bond donors (Lipinski definition) is 0. The van der Waals surface area contributed by atoms with E-state index in [-0.39, 0.29) is 6.10 Å². The third-order valence-corrected chi connectivity index (χ3v) is 3.18. The molecule has 1 aromatic heterocycles. The molecule has 0 aliphatic heterocycles. The molecule has 0 aliphatic carbocycles.